The van der Waals surface area contributed by atoms with Gasteiger partial charge < -0.3 is 5.32 Å². The van der Waals surface area contributed by atoms with Crippen molar-refractivity contribution in [1.82, 2.24) is 10.2 Å². The summed E-state index contributed by atoms with van der Waals surface area (Å²) in [4.78, 5) is 17.1. The number of nitrogens with zero attached hydrogens (tertiary/aromatic N) is 1. The summed E-state index contributed by atoms with van der Waals surface area (Å²) < 4.78 is 0. The summed E-state index contributed by atoms with van der Waals surface area (Å²) in [7, 11) is 0. The number of amides is 1. The maximum absolute atomic E-state index is 12.7. The first-order valence-corrected chi connectivity index (χ1v) is 9.72. The lowest BCUT2D eigenvalue weighted by Gasteiger charge is -2.49. The lowest BCUT2D eigenvalue weighted by molar-refractivity contribution is 0.0218. The smallest absolute Gasteiger partial charge is 0.261 e. The van der Waals surface area contributed by atoms with E-state index in [2.05, 4.69) is 17.1 Å². The molecule has 1 aromatic heterocycles. The first-order valence-electron chi connectivity index (χ1n) is 8.52. The van der Waals surface area contributed by atoms with E-state index in [1.165, 1.54) is 25.9 Å². The van der Waals surface area contributed by atoms with E-state index in [9.17, 15) is 4.79 Å². The number of carbonyl (C=O) groups excluding carboxylic acids is 1. The second-order valence-electron chi connectivity index (χ2n) is 6.78. The fourth-order valence-electron chi connectivity index (χ4n) is 4.00. The molecule has 3 aliphatic rings. The fraction of sp³-hybridized carbons (Fsp3) is 0.421. The molecule has 0 spiro atoms. The van der Waals surface area contributed by atoms with Gasteiger partial charge >= 0.3 is 0 Å². The van der Waals surface area contributed by atoms with E-state index in [0.717, 1.165) is 20.3 Å². The van der Waals surface area contributed by atoms with Crippen molar-refractivity contribution in [2.24, 2.45) is 5.92 Å². The summed E-state index contributed by atoms with van der Waals surface area (Å²) in [5.74, 6) is 0.690. The highest BCUT2D eigenvalue weighted by atomic mass is 35.5. The SMILES string of the molecule is CC1C(NC(=O)c2ccc(-c3ccc(Cl)cc3)s2)C2CCN1CC2. The predicted octanol–water partition coefficient (Wildman–Crippen LogP) is 4.28. The van der Waals surface area contributed by atoms with Crippen molar-refractivity contribution in [3.05, 3.63) is 46.3 Å². The third-order valence-electron chi connectivity index (χ3n) is 5.43. The molecule has 2 bridgehead atoms. The van der Waals surface area contributed by atoms with Crippen molar-refractivity contribution in [3.8, 4) is 10.4 Å². The summed E-state index contributed by atoms with van der Waals surface area (Å²) >= 11 is 7.48. The van der Waals surface area contributed by atoms with E-state index >= 15 is 0 Å². The van der Waals surface area contributed by atoms with Crippen molar-refractivity contribution in [1.29, 1.82) is 0 Å². The second kappa shape index (κ2) is 6.51. The predicted molar refractivity (Wildman–Crippen MR) is 99.8 cm³/mol. The van der Waals surface area contributed by atoms with E-state index < -0.39 is 0 Å². The van der Waals surface area contributed by atoms with Gasteiger partial charge in [-0.2, -0.15) is 0 Å². The van der Waals surface area contributed by atoms with E-state index in [1.807, 2.05) is 36.4 Å². The lowest BCUT2D eigenvalue weighted by atomic mass is 9.79. The quantitative estimate of drug-likeness (QED) is 0.885. The molecular weight excluding hydrogens is 340 g/mol. The average molecular weight is 361 g/mol. The van der Waals surface area contributed by atoms with Gasteiger partial charge in [0.1, 0.15) is 0 Å². The van der Waals surface area contributed by atoms with Crippen LogP contribution >= 0.6 is 22.9 Å². The van der Waals surface area contributed by atoms with E-state index in [1.54, 1.807) is 11.3 Å². The van der Waals surface area contributed by atoms with Gasteiger partial charge in [-0.25, -0.2) is 0 Å². The van der Waals surface area contributed by atoms with Gasteiger partial charge in [-0.15, -0.1) is 11.3 Å². The zero-order valence-electron chi connectivity index (χ0n) is 13.7. The summed E-state index contributed by atoms with van der Waals surface area (Å²) in [6.45, 7) is 4.60. The number of halogens is 1. The van der Waals surface area contributed by atoms with Crippen molar-refractivity contribution < 1.29 is 4.79 Å². The van der Waals surface area contributed by atoms with Crippen LogP contribution in [0.25, 0.3) is 10.4 Å². The molecule has 0 radical (unpaired) electrons. The molecule has 1 amide bonds. The minimum atomic E-state index is 0.0609. The molecule has 2 aromatic rings. The van der Waals surface area contributed by atoms with Crippen LogP contribution in [0.2, 0.25) is 5.02 Å². The van der Waals surface area contributed by atoms with Gasteiger partial charge in [-0.05, 0) is 68.6 Å². The maximum atomic E-state index is 12.7. The van der Waals surface area contributed by atoms with Crippen molar-refractivity contribution in [2.45, 2.75) is 31.8 Å². The Morgan fingerprint density at radius 3 is 2.54 bits per heavy atom. The molecule has 2 atom stereocenters. The monoisotopic (exact) mass is 360 g/mol. The third kappa shape index (κ3) is 2.99. The van der Waals surface area contributed by atoms with Gasteiger partial charge in [0.25, 0.3) is 5.91 Å². The molecule has 3 fully saturated rings. The van der Waals surface area contributed by atoms with Crippen LogP contribution in [0.1, 0.15) is 29.4 Å². The van der Waals surface area contributed by atoms with Crippen LogP contribution in [-0.4, -0.2) is 36.0 Å². The first-order chi connectivity index (χ1) is 11.6. The highest BCUT2D eigenvalue weighted by molar-refractivity contribution is 7.17. The molecule has 5 rings (SSSR count). The average Bonchev–Trinajstić information content (AvgIpc) is 3.09. The zero-order valence-corrected chi connectivity index (χ0v) is 15.2. The molecule has 1 N–H and O–H groups in total. The molecule has 126 valence electrons. The molecular formula is C19H21ClN2OS. The van der Waals surface area contributed by atoms with Crippen molar-refractivity contribution in [3.63, 3.8) is 0 Å². The number of benzene rings is 1. The number of fused-ring (bicyclic) bond motifs is 3. The standard InChI is InChI=1S/C19H21ClN2OS/c1-12-18(14-8-10-22(12)11-9-14)21-19(23)17-7-6-16(24-17)13-2-4-15(20)5-3-13/h2-7,12,14,18H,8-11H2,1H3,(H,21,23). The Bertz CT molecular complexity index is 732. The van der Waals surface area contributed by atoms with Crippen molar-refractivity contribution in [2.75, 3.05) is 13.1 Å². The zero-order chi connectivity index (χ0) is 16.7. The van der Waals surface area contributed by atoms with Gasteiger partial charge in [0, 0.05) is 22.0 Å². The van der Waals surface area contributed by atoms with Gasteiger partial charge in [0.05, 0.1) is 4.88 Å². The molecule has 24 heavy (non-hydrogen) atoms. The van der Waals surface area contributed by atoms with Gasteiger partial charge in [-0.1, -0.05) is 23.7 Å². The molecule has 0 aliphatic carbocycles. The number of nitrogens with one attached hydrogen (secondary N) is 1. The number of thiophene rings is 1. The summed E-state index contributed by atoms with van der Waals surface area (Å²) in [5, 5.41) is 4.03. The topological polar surface area (TPSA) is 32.3 Å². The van der Waals surface area contributed by atoms with Crippen LogP contribution in [0.4, 0.5) is 0 Å². The van der Waals surface area contributed by atoms with Gasteiger partial charge in [0.15, 0.2) is 0 Å². The highest BCUT2D eigenvalue weighted by Gasteiger charge is 2.40. The minimum Gasteiger partial charge on any atom is -0.347 e. The Morgan fingerprint density at radius 2 is 1.88 bits per heavy atom. The number of hydrogen-bond donors (Lipinski definition) is 1. The summed E-state index contributed by atoms with van der Waals surface area (Å²) in [6, 6.07) is 12.4. The van der Waals surface area contributed by atoms with Crippen LogP contribution in [0, 0.1) is 5.92 Å². The lowest BCUT2D eigenvalue weighted by Crippen LogP contribution is -2.62. The largest absolute Gasteiger partial charge is 0.347 e. The number of carbonyl (C=O) groups is 1. The molecule has 3 nitrogen and oxygen atoms in total. The van der Waals surface area contributed by atoms with Crippen LogP contribution in [0.5, 0.6) is 0 Å². The molecule has 1 aromatic carbocycles. The van der Waals surface area contributed by atoms with Crippen LogP contribution in [-0.2, 0) is 0 Å². The normalized spacial score (nSPS) is 28.8. The number of piperidine rings is 3. The maximum Gasteiger partial charge on any atom is 0.261 e. The van der Waals surface area contributed by atoms with Crippen LogP contribution in [0.3, 0.4) is 0 Å². The Balaban J connectivity index is 1.48. The van der Waals surface area contributed by atoms with E-state index in [0.29, 0.717) is 12.0 Å². The Hall–Kier alpha value is -1.36. The molecule has 4 heterocycles. The molecule has 0 saturated carbocycles. The molecule has 3 aliphatic heterocycles. The Morgan fingerprint density at radius 1 is 1.17 bits per heavy atom. The molecule has 3 saturated heterocycles. The van der Waals surface area contributed by atoms with Crippen molar-refractivity contribution >= 4 is 28.8 Å². The molecule has 2 unspecified atom stereocenters. The van der Waals surface area contributed by atoms with E-state index in [4.69, 9.17) is 11.6 Å². The third-order valence-corrected chi connectivity index (χ3v) is 6.82. The number of hydrogen-bond acceptors (Lipinski definition) is 3. The minimum absolute atomic E-state index is 0.0609. The second-order valence-corrected chi connectivity index (χ2v) is 8.30. The first kappa shape index (κ1) is 16.1. The van der Waals surface area contributed by atoms with Gasteiger partial charge in [-0.3, -0.25) is 9.69 Å². The van der Waals surface area contributed by atoms with Gasteiger partial charge in [0.2, 0.25) is 0 Å². The summed E-state index contributed by atoms with van der Waals surface area (Å²) in [5.41, 5.74) is 1.10. The fourth-order valence-corrected chi connectivity index (χ4v) is 5.04. The highest BCUT2D eigenvalue weighted by Crippen LogP contribution is 2.33. The Kier molecular flexibility index (Phi) is 4.37. The summed E-state index contributed by atoms with van der Waals surface area (Å²) in [6.07, 6.45) is 2.41. The van der Waals surface area contributed by atoms with Crippen LogP contribution < -0.4 is 5.32 Å². The van der Waals surface area contributed by atoms with Crippen LogP contribution in [0.15, 0.2) is 36.4 Å². The number of rotatable bonds is 3. The van der Waals surface area contributed by atoms with E-state index in [-0.39, 0.29) is 11.9 Å². The molecule has 5 heteroatoms. The Labute approximate surface area is 151 Å².